The third-order valence-electron chi connectivity index (χ3n) is 5.37. The Labute approximate surface area is 176 Å². The van der Waals surface area contributed by atoms with Crippen molar-refractivity contribution < 1.29 is 26.3 Å². The molecule has 166 valence electrons. The van der Waals surface area contributed by atoms with Crippen molar-refractivity contribution >= 4 is 11.3 Å². The summed E-state index contributed by atoms with van der Waals surface area (Å²) >= 11 is 0. The van der Waals surface area contributed by atoms with Gasteiger partial charge in [-0.05, 0) is 30.3 Å². The first-order chi connectivity index (χ1) is 15.1. The van der Waals surface area contributed by atoms with Gasteiger partial charge in [0.1, 0.15) is 17.6 Å². The quantitative estimate of drug-likeness (QED) is 0.450. The minimum atomic E-state index is -4.61. The fourth-order valence-electron chi connectivity index (χ4n) is 3.93. The minimum Gasteiger partial charge on any atom is -0.348 e. The van der Waals surface area contributed by atoms with E-state index in [1.807, 2.05) is 0 Å². The van der Waals surface area contributed by atoms with Gasteiger partial charge in [0.2, 0.25) is 0 Å². The number of pyridine rings is 2. The molecule has 1 unspecified atom stereocenters. The first-order valence-corrected chi connectivity index (χ1v) is 9.51. The molecule has 0 aliphatic carbocycles. The number of hydrogen-bond donors (Lipinski definition) is 1. The van der Waals surface area contributed by atoms with Gasteiger partial charge in [0.15, 0.2) is 0 Å². The van der Waals surface area contributed by atoms with Gasteiger partial charge < -0.3 is 9.88 Å². The standard InChI is InChI=1S/C20H14F6N6/c21-19(22,23)11-4-5-16(27-9-11)31-7-6-13-17(29-10-28-13)18(31)14-8-12-2-1-3-15(20(24,25)26)32(12)30-14/h1-5,8-10,18H,6-7H2,(H,28,29). The van der Waals surface area contributed by atoms with Crippen LogP contribution in [0.15, 0.2) is 48.9 Å². The van der Waals surface area contributed by atoms with E-state index in [9.17, 15) is 26.3 Å². The Bertz CT molecular complexity index is 1270. The highest BCUT2D eigenvalue weighted by atomic mass is 19.4. The zero-order chi connectivity index (χ0) is 22.7. The molecule has 6 nitrogen and oxygen atoms in total. The lowest BCUT2D eigenvalue weighted by Crippen LogP contribution is -2.37. The summed E-state index contributed by atoms with van der Waals surface area (Å²) in [7, 11) is 0. The molecule has 1 N–H and O–H groups in total. The van der Waals surface area contributed by atoms with E-state index in [-0.39, 0.29) is 17.0 Å². The normalized spacial score (nSPS) is 17.1. The Morgan fingerprint density at radius 2 is 1.78 bits per heavy atom. The highest BCUT2D eigenvalue weighted by Crippen LogP contribution is 2.38. The molecule has 4 aromatic rings. The molecule has 0 bridgehead atoms. The number of imidazole rings is 1. The largest absolute Gasteiger partial charge is 0.433 e. The molecular formula is C20H14F6N6. The van der Waals surface area contributed by atoms with Crippen LogP contribution in [0.5, 0.6) is 0 Å². The second-order valence-corrected chi connectivity index (χ2v) is 7.33. The van der Waals surface area contributed by atoms with Crippen molar-refractivity contribution in [1.82, 2.24) is 24.6 Å². The van der Waals surface area contributed by atoms with Gasteiger partial charge in [0.25, 0.3) is 0 Å². The van der Waals surface area contributed by atoms with Gasteiger partial charge in [-0.2, -0.15) is 31.4 Å². The minimum absolute atomic E-state index is 0.234. The summed E-state index contributed by atoms with van der Waals surface area (Å²) in [5, 5.41) is 4.21. The molecule has 0 saturated carbocycles. The van der Waals surface area contributed by atoms with Crippen molar-refractivity contribution in [2.24, 2.45) is 0 Å². The molecule has 32 heavy (non-hydrogen) atoms. The van der Waals surface area contributed by atoms with E-state index in [0.29, 0.717) is 18.7 Å². The van der Waals surface area contributed by atoms with E-state index >= 15 is 0 Å². The van der Waals surface area contributed by atoms with Crippen molar-refractivity contribution in [3.8, 4) is 0 Å². The van der Waals surface area contributed by atoms with Crippen molar-refractivity contribution in [1.29, 1.82) is 0 Å². The van der Waals surface area contributed by atoms with E-state index in [0.717, 1.165) is 28.5 Å². The number of fused-ring (bicyclic) bond motifs is 2. The number of aromatic amines is 1. The average Bonchev–Trinajstić information content (AvgIpc) is 3.38. The Balaban J connectivity index is 1.63. The van der Waals surface area contributed by atoms with Crippen molar-refractivity contribution in [3.05, 3.63) is 77.3 Å². The number of nitrogens with one attached hydrogen (secondary N) is 1. The summed E-state index contributed by atoms with van der Waals surface area (Å²) < 4.78 is 80.0. The van der Waals surface area contributed by atoms with Gasteiger partial charge >= 0.3 is 12.4 Å². The number of rotatable bonds is 2. The number of alkyl halides is 6. The number of anilines is 1. The van der Waals surface area contributed by atoms with Crippen LogP contribution in [0.25, 0.3) is 5.52 Å². The molecule has 1 atom stereocenters. The Kier molecular flexibility index (Phi) is 4.43. The summed E-state index contributed by atoms with van der Waals surface area (Å²) in [5.41, 5.74) is 0.00627. The molecule has 5 heterocycles. The number of aromatic nitrogens is 5. The molecule has 0 spiro atoms. The lowest BCUT2D eigenvalue weighted by molar-refractivity contribution is -0.142. The monoisotopic (exact) mass is 452 g/mol. The van der Waals surface area contributed by atoms with Crippen LogP contribution in [0, 0.1) is 0 Å². The van der Waals surface area contributed by atoms with Crippen LogP contribution in [0.1, 0.15) is 34.4 Å². The predicted molar refractivity (Wildman–Crippen MR) is 101 cm³/mol. The molecule has 0 fully saturated rings. The Morgan fingerprint density at radius 1 is 0.969 bits per heavy atom. The molecule has 5 rings (SSSR count). The SMILES string of the molecule is FC(F)(F)c1ccc(N2CCc3[nH]cnc3C2c2cc3cccc(C(F)(F)F)n3n2)nc1. The fraction of sp³-hybridized carbons (Fsp3) is 0.250. The van der Waals surface area contributed by atoms with Gasteiger partial charge in [-0.1, -0.05) is 6.07 Å². The number of nitrogens with zero attached hydrogens (tertiary/aromatic N) is 5. The van der Waals surface area contributed by atoms with Crippen molar-refractivity contribution in [2.75, 3.05) is 11.4 Å². The Hall–Kier alpha value is -3.57. The van der Waals surface area contributed by atoms with Crippen LogP contribution in [-0.2, 0) is 18.8 Å². The second-order valence-electron chi connectivity index (χ2n) is 7.33. The van der Waals surface area contributed by atoms with E-state index in [2.05, 4.69) is 20.1 Å². The van der Waals surface area contributed by atoms with Crippen LogP contribution < -0.4 is 4.90 Å². The van der Waals surface area contributed by atoms with Crippen LogP contribution in [0.4, 0.5) is 32.2 Å². The molecule has 4 aromatic heterocycles. The maximum Gasteiger partial charge on any atom is 0.433 e. The zero-order valence-corrected chi connectivity index (χ0v) is 16.1. The third-order valence-corrected chi connectivity index (χ3v) is 5.37. The maximum absolute atomic E-state index is 13.4. The zero-order valence-electron chi connectivity index (χ0n) is 16.1. The van der Waals surface area contributed by atoms with Crippen molar-refractivity contribution in [2.45, 2.75) is 24.8 Å². The predicted octanol–water partition coefficient (Wildman–Crippen LogP) is 4.64. The van der Waals surface area contributed by atoms with Crippen LogP contribution in [0.2, 0.25) is 0 Å². The first-order valence-electron chi connectivity index (χ1n) is 9.51. The second kappa shape index (κ2) is 6.97. The average molecular weight is 452 g/mol. The van der Waals surface area contributed by atoms with Crippen LogP contribution in [0.3, 0.4) is 0 Å². The lowest BCUT2D eigenvalue weighted by Gasteiger charge is -2.35. The summed E-state index contributed by atoms with van der Waals surface area (Å²) in [6, 6.07) is 6.67. The molecular weight excluding hydrogens is 438 g/mol. The topological polar surface area (TPSA) is 62.1 Å². The van der Waals surface area contributed by atoms with E-state index in [1.165, 1.54) is 30.6 Å². The van der Waals surface area contributed by atoms with Gasteiger partial charge in [-0.15, -0.1) is 0 Å². The molecule has 0 saturated heterocycles. The summed E-state index contributed by atoms with van der Waals surface area (Å²) in [6.45, 7) is 0.359. The number of H-pyrrole nitrogens is 1. The van der Waals surface area contributed by atoms with Crippen LogP contribution in [-0.4, -0.2) is 31.1 Å². The molecule has 0 amide bonds. The van der Waals surface area contributed by atoms with Gasteiger partial charge in [-0.25, -0.2) is 14.5 Å². The lowest BCUT2D eigenvalue weighted by atomic mass is 9.99. The highest BCUT2D eigenvalue weighted by Gasteiger charge is 2.37. The molecule has 0 aromatic carbocycles. The molecule has 1 aliphatic rings. The maximum atomic E-state index is 13.4. The van der Waals surface area contributed by atoms with E-state index in [4.69, 9.17) is 0 Å². The summed E-state index contributed by atoms with van der Waals surface area (Å²) in [4.78, 5) is 13.0. The molecule has 0 radical (unpaired) electrons. The highest BCUT2D eigenvalue weighted by molar-refractivity contribution is 5.54. The van der Waals surface area contributed by atoms with E-state index < -0.39 is 29.7 Å². The fourth-order valence-corrected chi connectivity index (χ4v) is 3.93. The van der Waals surface area contributed by atoms with Gasteiger partial charge in [0.05, 0.1) is 28.8 Å². The van der Waals surface area contributed by atoms with Gasteiger partial charge in [0, 0.05) is 24.9 Å². The number of hydrogen-bond acceptors (Lipinski definition) is 4. The smallest absolute Gasteiger partial charge is 0.348 e. The first kappa shape index (κ1) is 20.3. The molecule has 12 heteroatoms. The third kappa shape index (κ3) is 3.35. The van der Waals surface area contributed by atoms with Crippen LogP contribution >= 0.6 is 0 Å². The number of halogens is 6. The van der Waals surface area contributed by atoms with Crippen molar-refractivity contribution in [3.63, 3.8) is 0 Å². The van der Waals surface area contributed by atoms with Gasteiger partial charge in [-0.3, -0.25) is 0 Å². The summed E-state index contributed by atoms with van der Waals surface area (Å²) in [5.74, 6) is 0.241. The summed E-state index contributed by atoms with van der Waals surface area (Å²) in [6.07, 6.45) is -6.43. The van der Waals surface area contributed by atoms with E-state index in [1.54, 1.807) is 4.90 Å². The Morgan fingerprint density at radius 3 is 2.47 bits per heavy atom. The molecule has 1 aliphatic heterocycles.